The summed E-state index contributed by atoms with van der Waals surface area (Å²) < 4.78 is 0. The molecule has 2 unspecified atom stereocenters. The summed E-state index contributed by atoms with van der Waals surface area (Å²) >= 11 is 0. The van der Waals surface area contributed by atoms with E-state index in [-0.39, 0.29) is 18.0 Å². The van der Waals surface area contributed by atoms with Crippen molar-refractivity contribution in [3.05, 3.63) is 35.9 Å². The molecule has 2 atom stereocenters. The highest BCUT2D eigenvalue weighted by Gasteiger charge is 2.26. The second-order valence-corrected chi connectivity index (χ2v) is 6.74. The van der Waals surface area contributed by atoms with Gasteiger partial charge in [0.05, 0.1) is 0 Å². The van der Waals surface area contributed by atoms with Crippen LogP contribution in [0.15, 0.2) is 30.3 Å². The first-order valence-electron chi connectivity index (χ1n) is 9.11. The van der Waals surface area contributed by atoms with E-state index in [0.717, 1.165) is 26.1 Å². The summed E-state index contributed by atoms with van der Waals surface area (Å²) in [5.74, 6) is -0.0151. The zero-order valence-corrected chi connectivity index (χ0v) is 15.5. The summed E-state index contributed by atoms with van der Waals surface area (Å²) in [6.45, 7) is 9.71. The number of nitrogens with zero attached hydrogens (tertiary/aromatic N) is 2. The van der Waals surface area contributed by atoms with Crippen molar-refractivity contribution in [3.8, 4) is 0 Å². The fraction of sp³-hybridized carbons (Fsp3) is 0.579. The van der Waals surface area contributed by atoms with E-state index in [4.69, 9.17) is 0 Å². The van der Waals surface area contributed by atoms with Crippen LogP contribution in [0.1, 0.15) is 32.8 Å². The second-order valence-electron chi connectivity index (χ2n) is 6.74. The fourth-order valence-corrected chi connectivity index (χ4v) is 2.87. The molecule has 25 heavy (non-hydrogen) atoms. The number of urea groups is 1. The molecule has 1 aromatic rings. The van der Waals surface area contributed by atoms with Gasteiger partial charge >= 0.3 is 6.03 Å². The van der Waals surface area contributed by atoms with Crippen molar-refractivity contribution >= 4 is 11.9 Å². The Bertz CT molecular complexity index is 556. The molecule has 1 saturated heterocycles. The van der Waals surface area contributed by atoms with Crippen molar-refractivity contribution in [1.82, 2.24) is 20.4 Å². The Morgan fingerprint density at radius 1 is 1.04 bits per heavy atom. The van der Waals surface area contributed by atoms with Crippen LogP contribution in [0.5, 0.6) is 0 Å². The number of carbonyl (C=O) groups excluding carboxylic acids is 2. The van der Waals surface area contributed by atoms with E-state index in [9.17, 15) is 9.59 Å². The first-order valence-corrected chi connectivity index (χ1v) is 9.11. The fourth-order valence-electron chi connectivity index (χ4n) is 2.87. The van der Waals surface area contributed by atoms with Crippen LogP contribution >= 0.6 is 0 Å². The topological polar surface area (TPSA) is 64.7 Å². The lowest BCUT2D eigenvalue weighted by Crippen LogP contribution is -2.55. The minimum Gasteiger partial charge on any atom is -0.338 e. The predicted molar refractivity (Wildman–Crippen MR) is 99.2 cm³/mol. The van der Waals surface area contributed by atoms with Gasteiger partial charge in [0.25, 0.3) is 0 Å². The number of piperazine rings is 1. The molecule has 1 aromatic carbocycles. The summed E-state index contributed by atoms with van der Waals surface area (Å²) in [4.78, 5) is 28.6. The van der Waals surface area contributed by atoms with Crippen LogP contribution in [0.25, 0.3) is 0 Å². The molecule has 6 heteroatoms. The smallest absolute Gasteiger partial charge is 0.315 e. The molecular formula is C19H30N4O2. The molecule has 1 fully saturated rings. The Labute approximate surface area is 150 Å². The van der Waals surface area contributed by atoms with Gasteiger partial charge in [-0.25, -0.2) is 4.79 Å². The lowest BCUT2D eigenvalue weighted by atomic mass is 10.2. The third-order valence-corrected chi connectivity index (χ3v) is 4.64. The van der Waals surface area contributed by atoms with Crippen LogP contribution in [0.3, 0.4) is 0 Å². The molecule has 0 aliphatic carbocycles. The molecule has 2 N–H and O–H groups in total. The molecule has 1 aliphatic rings. The molecule has 1 aliphatic heterocycles. The maximum Gasteiger partial charge on any atom is 0.315 e. The third-order valence-electron chi connectivity index (χ3n) is 4.64. The van der Waals surface area contributed by atoms with E-state index in [0.29, 0.717) is 13.1 Å². The minimum atomic E-state index is -0.510. The Morgan fingerprint density at radius 3 is 2.28 bits per heavy atom. The maximum absolute atomic E-state index is 12.5. The lowest BCUT2D eigenvalue weighted by molar-refractivity contribution is -0.134. The van der Waals surface area contributed by atoms with Gasteiger partial charge in [-0.2, -0.15) is 0 Å². The average Bonchev–Trinajstić information content (AvgIpc) is 2.62. The van der Waals surface area contributed by atoms with Crippen LogP contribution in [0.4, 0.5) is 4.79 Å². The molecule has 6 nitrogen and oxygen atoms in total. The molecular weight excluding hydrogens is 316 g/mol. The summed E-state index contributed by atoms with van der Waals surface area (Å²) in [5, 5.41) is 5.56. The minimum absolute atomic E-state index is 0.0151. The highest BCUT2D eigenvalue weighted by Crippen LogP contribution is 2.09. The molecule has 2 rings (SSSR count). The number of benzene rings is 1. The summed E-state index contributed by atoms with van der Waals surface area (Å²) in [6.07, 6.45) is 0.860. The van der Waals surface area contributed by atoms with Gasteiger partial charge in [-0.1, -0.05) is 37.3 Å². The monoisotopic (exact) mass is 346 g/mol. The molecule has 1 heterocycles. The highest BCUT2D eigenvalue weighted by atomic mass is 16.2. The molecule has 3 amide bonds. The van der Waals surface area contributed by atoms with Gasteiger partial charge in [-0.3, -0.25) is 9.69 Å². The van der Waals surface area contributed by atoms with Crippen LogP contribution in [0, 0.1) is 0 Å². The number of carbonyl (C=O) groups is 2. The average molecular weight is 346 g/mol. The van der Waals surface area contributed by atoms with Crippen LogP contribution in [-0.4, -0.2) is 60.0 Å². The van der Waals surface area contributed by atoms with E-state index < -0.39 is 6.04 Å². The molecule has 138 valence electrons. The Morgan fingerprint density at radius 2 is 1.68 bits per heavy atom. The lowest BCUT2D eigenvalue weighted by Gasteiger charge is -2.36. The van der Waals surface area contributed by atoms with E-state index in [2.05, 4.69) is 27.7 Å². The second kappa shape index (κ2) is 9.42. The molecule has 0 bridgehead atoms. The largest absolute Gasteiger partial charge is 0.338 e. The standard InChI is InChI=1S/C19H30N4O2/c1-4-15(2)20-19(25)21-16(3)18(24)23-12-10-22(11-13-23)14-17-8-6-5-7-9-17/h5-9,15-16H,4,10-14H2,1-3H3,(H2,20,21,25). The van der Waals surface area contributed by atoms with Crippen molar-refractivity contribution in [2.75, 3.05) is 26.2 Å². The number of rotatable bonds is 6. The van der Waals surface area contributed by atoms with E-state index in [1.165, 1.54) is 5.56 Å². The Hall–Kier alpha value is -2.08. The number of hydrogen-bond acceptors (Lipinski definition) is 3. The van der Waals surface area contributed by atoms with Crippen molar-refractivity contribution in [2.24, 2.45) is 0 Å². The van der Waals surface area contributed by atoms with Gasteiger partial charge in [0.2, 0.25) is 5.91 Å². The van der Waals surface area contributed by atoms with Crippen molar-refractivity contribution < 1.29 is 9.59 Å². The Balaban J connectivity index is 1.75. The van der Waals surface area contributed by atoms with Gasteiger partial charge in [0.1, 0.15) is 6.04 Å². The Kier molecular flexibility index (Phi) is 7.25. The SMILES string of the molecule is CCC(C)NC(=O)NC(C)C(=O)N1CCN(Cc2ccccc2)CC1. The van der Waals surface area contributed by atoms with Crippen LogP contribution in [0.2, 0.25) is 0 Å². The van der Waals surface area contributed by atoms with Crippen LogP contribution in [-0.2, 0) is 11.3 Å². The molecule has 0 radical (unpaired) electrons. The highest BCUT2D eigenvalue weighted by molar-refractivity contribution is 5.86. The van der Waals surface area contributed by atoms with Gasteiger partial charge in [-0.05, 0) is 25.8 Å². The van der Waals surface area contributed by atoms with E-state index >= 15 is 0 Å². The van der Waals surface area contributed by atoms with Crippen molar-refractivity contribution in [1.29, 1.82) is 0 Å². The van der Waals surface area contributed by atoms with E-state index in [1.807, 2.05) is 36.9 Å². The summed E-state index contributed by atoms with van der Waals surface area (Å²) in [5.41, 5.74) is 1.29. The number of hydrogen-bond donors (Lipinski definition) is 2. The van der Waals surface area contributed by atoms with Gasteiger partial charge < -0.3 is 15.5 Å². The number of amides is 3. The third kappa shape index (κ3) is 6.05. The first kappa shape index (κ1) is 19.2. The van der Waals surface area contributed by atoms with E-state index in [1.54, 1.807) is 6.92 Å². The normalized spacial score (nSPS) is 17.6. The summed E-state index contributed by atoms with van der Waals surface area (Å²) in [6, 6.07) is 9.68. The van der Waals surface area contributed by atoms with Crippen molar-refractivity contribution in [2.45, 2.75) is 45.8 Å². The van der Waals surface area contributed by atoms with Crippen molar-refractivity contribution in [3.63, 3.8) is 0 Å². The maximum atomic E-state index is 12.5. The quantitative estimate of drug-likeness (QED) is 0.826. The van der Waals surface area contributed by atoms with Gasteiger partial charge in [0, 0.05) is 38.8 Å². The molecule has 0 saturated carbocycles. The molecule has 0 spiro atoms. The first-order chi connectivity index (χ1) is 12.0. The van der Waals surface area contributed by atoms with Crippen LogP contribution < -0.4 is 10.6 Å². The van der Waals surface area contributed by atoms with Gasteiger partial charge in [-0.15, -0.1) is 0 Å². The van der Waals surface area contributed by atoms with Gasteiger partial charge in [0.15, 0.2) is 0 Å². The molecule has 0 aromatic heterocycles. The summed E-state index contributed by atoms with van der Waals surface area (Å²) in [7, 11) is 0. The number of nitrogens with one attached hydrogen (secondary N) is 2. The zero-order chi connectivity index (χ0) is 18.2. The zero-order valence-electron chi connectivity index (χ0n) is 15.5. The predicted octanol–water partition coefficient (Wildman–Crippen LogP) is 1.82.